The second kappa shape index (κ2) is 5.43. The summed E-state index contributed by atoms with van der Waals surface area (Å²) in [6, 6.07) is 0. The first kappa shape index (κ1) is 11.6. The standard InChI is InChI=1S/C12H21N3O/c1-2-8-15-11(9-13-14-15)12(16)10-6-4-3-5-7-10/h9-10,12,16H,2-8H2,1H3. The lowest BCUT2D eigenvalue weighted by Gasteiger charge is -2.26. The third-order valence-electron chi connectivity index (χ3n) is 3.48. The lowest BCUT2D eigenvalue weighted by atomic mass is 9.84. The van der Waals surface area contributed by atoms with Crippen molar-refractivity contribution >= 4 is 0 Å². The molecule has 1 atom stereocenters. The van der Waals surface area contributed by atoms with Gasteiger partial charge in [0.25, 0.3) is 0 Å². The summed E-state index contributed by atoms with van der Waals surface area (Å²) in [4.78, 5) is 0. The summed E-state index contributed by atoms with van der Waals surface area (Å²) in [7, 11) is 0. The molecule has 0 saturated heterocycles. The van der Waals surface area contributed by atoms with E-state index >= 15 is 0 Å². The SMILES string of the molecule is CCCn1nncc1C(O)C1CCCCC1. The second-order valence-corrected chi connectivity index (χ2v) is 4.72. The summed E-state index contributed by atoms with van der Waals surface area (Å²) < 4.78 is 1.85. The van der Waals surface area contributed by atoms with Gasteiger partial charge < -0.3 is 5.11 Å². The quantitative estimate of drug-likeness (QED) is 0.852. The number of aliphatic hydroxyl groups excluding tert-OH is 1. The van der Waals surface area contributed by atoms with E-state index in [-0.39, 0.29) is 6.10 Å². The summed E-state index contributed by atoms with van der Waals surface area (Å²) in [5.74, 6) is 0.405. The van der Waals surface area contributed by atoms with Crippen molar-refractivity contribution in [3.8, 4) is 0 Å². The molecule has 0 aliphatic heterocycles. The Balaban J connectivity index is 2.06. The molecule has 1 unspecified atom stereocenters. The zero-order valence-corrected chi connectivity index (χ0v) is 9.97. The molecule has 90 valence electrons. The first-order valence-electron chi connectivity index (χ1n) is 6.39. The number of rotatable bonds is 4. The Morgan fingerprint density at radius 2 is 2.19 bits per heavy atom. The molecule has 4 nitrogen and oxygen atoms in total. The molecule has 4 heteroatoms. The van der Waals surface area contributed by atoms with Crippen molar-refractivity contribution in [2.24, 2.45) is 5.92 Å². The van der Waals surface area contributed by atoms with E-state index in [4.69, 9.17) is 0 Å². The Kier molecular flexibility index (Phi) is 3.93. The van der Waals surface area contributed by atoms with E-state index in [1.54, 1.807) is 6.20 Å². The minimum atomic E-state index is -0.373. The van der Waals surface area contributed by atoms with Crippen molar-refractivity contribution in [1.29, 1.82) is 0 Å². The summed E-state index contributed by atoms with van der Waals surface area (Å²) in [6.07, 6.45) is 8.45. The smallest absolute Gasteiger partial charge is 0.100 e. The zero-order valence-electron chi connectivity index (χ0n) is 9.97. The molecule has 0 aromatic carbocycles. The Labute approximate surface area is 96.7 Å². The van der Waals surface area contributed by atoms with E-state index < -0.39 is 0 Å². The van der Waals surface area contributed by atoms with Gasteiger partial charge in [0.1, 0.15) is 6.10 Å². The first-order chi connectivity index (χ1) is 7.83. The zero-order chi connectivity index (χ0) is 11.4. The maximum Gasteiger partial charge on any atom is 0.100 e. The molecule has 0 bridgehead atoms. The van der Waals surface area contributed by atoms with Crippen LogP contribution in [0.4, 0.5) is 0 Å². The van der Waals surface area contributed by atoms with E-state index in [1.807, 2.05) is 4.68 Å². The number of hydrogen-bond donors (Lipinski definition) is 1. The van der Waals surface area contributed by atoms with Gasteiger partial charge >= 0.3 is 0 Å². The van der Waals surface area contributed by atoms with Gasteiger partial charge in [-0.1, -0.05) is 31.4 Å². The van der Waals surface area contributed by atoms with Gasteiger partial charge in [0.2, 0.25) is 0 Å². The highest BCUT2D eigenvalue weighted by Gasteiger charge is 2.25. The van der Waals surface area contributed by atoms with Crippen molar-refractivity contribution in [1.82, 2.24) is 15.0 Å². The van der Waals surface area contributed by atoms with E-state index in [0.717, 1.165) is 31.5 Å². The lowest BCUT2D eigenvalue weighted by molar-refractivity contribution is 0.0766. The molecule has 1 saturated carbocycles. The molecule has 1 heterocycles. The number of aromatic nitrogens is 3. The molecule has 1 aromatic rings. The van der Waals surface area contributed by atoms with Crippen LogP contribution in [0.2, 0.25) is 0 Å². The van der Waals surface area contributed by atoms with Crippen molar-refractivity contribution in [3.05, 3.63) is 11.9 Å². The normalized spacial score (nSPS) is 19.9. The molecular formula is C12H21N3O. The number of aliphatic hydroxyl groups is 1. The van der Waals surface area contributed by atoms with E-state index in [2.05, 4.69) is 17.2 Å². The highest BCUT2D eigenvalue weighted by atomic mass is 16.3. The average Bonchev–Trinajstić information content (AvgIpc) is 2.78. The van der Waals surface area contributed by atoms with Crippen molar-refractivity contribution < 1.29 is 5.11 Å². The number of nitrogens with zero attached hydrogens (tertiary/aromatic N) is 3. The molecule has 1 fully saturated rings. The van der Waals surface area contributed by atoms with Crippen molar-refractivity contribution in [3.63, 3.8) is 0 Å². The van der Waals surface area contributed by atoms with Crippen LogP contribution < -0.4 is 0 Å². The number of hydrogen-bond acceptors (Lipinski definition) is 3. The highest BCUT2D eigenvalue weighted by molar-refractivity contribution is 5.01. The fourth-order valence-corrected chi connectivity index (χ4v) is 2.57. The van der Waals surface area contributed by atoms with Crippen LogP contribution in [0.3, 0.4) is 0 Å². The third-order valence-corrected chi connectivity index (χ3v) is 3.48. The number of aryl methyl sites for hydroxylation is 1. The Morgan fingerprint density at radius 3 is 2.88 bits per heavy atom. The summed E-state index contributed by atoms with van der Waals surface area (Å²) in [6.45, 7) is 2.96. The van der Waals surface area contributed by atoms with E-state index in [0.29, 0.717) is 5.92 Å². The maximum absolute atomic E-state index is 10.3. The fourth-order valence-electron chi connectivity index (χ4n) is 2.57. The predicted octanol–water partition coefficient (Wildman–Crippen LogP) is 2.30. The fraction of sp³-hybridized carbons (Fsp3) is 0.833. The summed E-state index contributed by atoms with van der Waals surface area (Å²) in [5, 5.41) is 18.3. The van der Waals surface area contributed by atoms with Crippen molar-refractivity contribution in [2.75, 3.05) is 0 Å². The predicted molar refractivity (Wildman–Crippen MR) is 61.8 cm³/mol. The van der Waals surface area contributed by atoms with Crippen LogP contribution in [0, 0.1) is 5.92 Å². The molecule has 1 aromatic heterocycles. The van der Waals surface area contributed by atoms with Gasteiger partial charge in [-0.15, -0.1) is 5.10 Å². The molecule has 0 radical (unpaired) electrons. The van der Waals surface area contributed by atoms with Gasteiger partial charge in [0.15, 0.2) is 0 Å². The lowest BCUT2D eigenvalue weighted by Crippen LogP contribution is -2.19. The molecule has 0 spiro atoms. The monoisotopic (exact) mass is 223 g/mol. The Morgan fingerprint density at radius 1 is 1.44 bits per heavy atom. The Hall–Kier alpha value is -0.900. The van der Waals surface area contributed by atoms with Crippen LogP contribution >= 0.6 is 0 Å². The van der Waals surface area contributed by atoms with Crippen LogP contribution in [0.25, 0.3) is 0 Å². The van der Waals surface area contributed by atoms with Crippen LogP contribution in [0.15, 0.2) is 6.20 Å². The highest BCUT2D eigenvalue weighted by Crippen LogP contribution is 2.33. The summed E-state index contributed by atoms with van der Waals surface area (Å²) >= 11 is 0. The molecule has 2 rings (SSSR count). The van der Waals surface area contributed by atoms with Crippen LogP contribution in [0.5, 0.6) is 0 Å². The second-order valence-electron chi connectivity index (χ2n) is 4.72. The molecule has 1 aliphatic rings. The van der Waals surface area contributed by atoms with E-state index in [1.165, 1.54) is 19.3 Å². The molecule has 1 N–H and O–H groups in total. The van der Waals surface area contributed by atoms with Crippen LogP contribution in [-0.2, 0) is 6.54 Å². The third kappa shape index (κ3) is 2.43. The van der Waals surface area contributed by atoms with Gasteiger partial charge in [0.05, 0.1) is 11.9 Å². The van der Waals surface area contributed by atoms with Crippen LogP contribution in [-0.4, -0.2) is 20.1 Å². The van der Waals surface area contributed by atoms with Gasteiger partial charge in [-0.05, 0) is 25.2 Å². The van der Waals surface area contributed by atoms with Gasteiger partial charge in [0, 0.05) is 6.54 Å². The Bertz CT molecular complexity index is 318. The van der Waals surface area contributed by atoms with Gasteiger partial charge in [-0.3, -0.25) is 0 Å². The minimum absolute atomic E-state index is 0.373. The molecule has 0 amide bonds. The maximum atomic E-state index is 10.3. The average molecular weight is 223 g/mol. The van der Waals surface area contributed by atoms with Crippen LogP contribution in [0.1, 0.15) is 57.2 Å². The minimum Gasteiger partial charge on any atom is -0.386 e. The van der Waals surface area contributed by atoms with E-state index in [9.17, 15) is 5.11 Å². The topological polar surface area (TPSA) is 50.9 Å². The largest absolute Gasteiger partial charge is 0.386 e. The first-order valence-corrected chi connectivity index (χ1v) is 6.39. The summed E-state index contributed by atoms with van der Waals surface area (Å²) in [5.41, 5.74) is 0.897. The van der Waals surface area contributed by atoms with Gasteiger partial charge in [-0.25, -0.2) is 4.68 Å². The molecule has 1 aliphatic carbocycles. The molecule has 16 heavy (non-hydrogen) atoms. The molecular weight excluding hydrogens is 202 g/mol. The van der Waals surface area contributed by atoms with Gasteiger partial charge in [-0.2, -0.15) is 0 Å². The van der Waals surface area contributed by atoms with Crippen molar-refractivity contribution in [2.45, 2.75) is 58.1 Å².